The van der Waals surface area contributed by atoms with Crippen LogP contribution in [0.3, 0.4) is 0 Å². The fourth-order valence-electron chi connectivity index (χ4n) is 3.29. The van der Waals surface area contributed by atoms with Crippen LogP contribution in [0.15, 0.2) is 38.7 Å². The van der Waals surface area contributed by atoms with Gasteiger partial charge in [0, 0.05) is 17.7 Å². The lowest BCUT2D eigenvalue weighted by Crippen LogP contribution is -2.43. The van der Waals surface area contributed by atoms with Gasteiger partial charge in [-0.05, 0) is 65.2 Å². The van der Waals surface area contributed by atoms with Crippen LogP contribution in [-0.2, 0) is 25.6 Å². The van der Waals surface area contributed by atoms with Crippen molar-refractivity contribution in [2.24, 2.45) is 0 Å². The molecule has 1 heterocycles. The number of rotatable bonds is 16. The number of hydrogen-bond acceptors (Lipinski definition) is 8. The summed E-state index contributed by atoms with van der Waals surface area (Å²) in [6, 6.07) is 0. The number of carbonyl (C=O) groups is 2. The zero-order valence-electron chi connectivity index (χ0n) is 19.9. The molecule has 0 radical (unpaired) electrons. The Bertz CT molecular complexity index is 963. The molecule has 1 aromatic rings. The number of ether oxygens (including phenoxy) is 2. The van der Waals surface area contributed by atoms with E-state index in [1.165, 1.54) is 0 Å². The molecular weight excluding hydrogens is 446 g/mol. The Hall–Kier alpha value is -3.21. The van der Waals surface area contributed by atoms with Crippen LogP contribution in [-0.4, -0.2) is 50.4 Å². The molecule has 0 aromatic carbocycles. The number of nitrogens with zero attached hydrogens (tertiary/aromatic N) is 1. The molecule has 1 aromatic heterocycles. The highest BCUT2D eigenvalue weighted by Crippen LogP contribution is 2.27. The summed E-state index contributed by atoms with van der Waals surface area (Å²) in [4.78, 5) is 61.7. The van der Waals surface area contributed by atoms with E-state index >= 15 is 0 Å². The monoisotopic (exact) mass is 481 g/mol. The Morgan fingerprint density at radius 3 is 1.65 bits per heavy atom. The SMILES string of the molecule is C=C(C)C(=O)OCCCCC(O)(CCCCOC(=O)C(=C)C)CCCn1c(=O)[nH]c(=O)[nH]c1=O. The minimum atomic E-state index is -1.09. The first kappa shape index (κ1) is 28.8. The standard InChI is InChI=1S/C23H35N3O8/c1-16(2)18(27)33-14-7-5-10-23(32,11-6-8-15-34-19(28)17(3)4)12-9-13-26-21(30)24-20(29)25-22(26)31/h32H,1,3,5-15H2,2,4H3,(H2,24,25,29,30,31). The van der Waals surface area contributed by atoms with Crippen LogP contribution in [0.5, 0.6) is 0 Å². The van der Waals surface area contributed by atoms with Crippen molar-refractivity contribution in [1.29, 1.82) is 0 Å². The summed E-state index contributed by atoms with van der Waals surface area (Å²) in [6.07, 6.45) is 3.73. The van der Waals surface area contributed by atoms with Crippen molar-refractivity contribution in [3.8, 4) is 0 Å². The smallest absolute Gasteiger partial charge is 0.333 e. The Balaban J connectivity index is 2.63. The molecule has 0 aliphatic carbocycles. The van der Waals surface area contributed by atoms with Gasteiger partial charge in [0.2, 0.25) is 0 Å². The van der Waals surface area contributed by atoms with E-state index in [2.05, 4.69) is 13.2 Å². The molecule has 1 rings (SSSR count). The van der Waals surface area contributed by atoms with E-state index in [-0.39, 0.29) is 19.8 Å². The predicted molar refractivity (Wildman–Crippen MR) is 125 cm³/mol. The summed E-state index contributed by atoms with van der Waals surface area (Å²) in [6.45, 7) is 10.6. The Kier molecular flexibility index (Phi) is 12.0. The molecule has 34 heavy (non-hydrogen) atoms. The second kappa shape index (κ2) is 14.1. The van der Waals surface area contributed by atoms with Crippen molar-refractivity contribution in [3.63, 3.8) is 0 Å². The van der Waals surface area contributed by atoms with Gasteiger partial charge in [-0.25, -0.2) is 28.5 Å². The zero-order valence-corrected chi connectivity index (χ0v) is 19.9. The van der Waals surface area contributed by atoms with Crippen molar-refractivity contribution in [3.05, 3.63) is 55.8 Å². The van der Waals surface area contributed by atoms with Gasteiger partial charge in [-0.2, -0.15) is 0 Å². The van der Waals surface area contributed by atoms with Gasteiger partial charge in [0.1, 0.15) is 0 Å². The van der Waals surface area contributed by atoms with Crippen LogP contribution < -0.4 is 17.1 Å². The van der Waals surface area contributed by atoms with Crippen LogP contribution >= 0.6 is 0 Å². The number of aromatic amines is 2. The third kappa shape index (κ3) is 10.6. The molecule has 190 valence electrons. The molecular formula is C23H35N3O8. The van der Waals surface area contributed by atoms with E-state index in [4.69, 9.17) is 9.47 Å². The summed E-state index contributed by atoms with van der Waals surface area (Å²) >= 11 is 0. The molecule has 0 aliphatic heterocycles. The van der Waals surface area contributed by atoms with Gasteiger partial charge < -0.3 is 14.6 Å². The molecule has 0 saturated carbocycles. The van der Waals surface area contributed by atoms with Crippen LogP contribution in [0, 0.1) is 0 Å². The van der Waals surface area contributed by atoms with Gasteiger partial charge in [0.15, 0.2) is 0 Å². The maximum absolute atomic E-state index is 11.8. The first-order valence-electron chi connectivity index (χ1n) is 11.3. The molecule has 3 N–H and O–H groups in total. The summed E-state index contributed by atoms with van der Waals surface area (Å²) in [5, 5.41) is 11.2. The summed E-state index contributed by atoms with van der Waals surface area (Å²) in [5.41, 5.74) is -2.95. The third-order valence-corrected chi connectivity index (χ3v) is 5.19. The van der Waals surface area contributed by atoms with Crippen molar-refractivity contribution >= 4 is 11.9 Å². The molecule has 0 fully saturated rings. The first-order chi connectivity index (χ1) is 15.9. The maximum Gasteiger partial charge on any atom is 0.333 e. The Labute approximate surface area is 197 Å². The fourth-order valence-corrected chi connectivity index (χ4v) is 3.29. The van der Waals surface area contributed by atoms with Crippen molar-refractivity contribution in [2.45, 2.75) is 77.4 Å². The average Bonchev–Trinajstić information content (AvgIpc) is 2.74. The fraction of sp³-hybridized carbons (Fsp3) is 0.609. The quantitative estimate of drug-likeness (QED) is 0.181. The number of aliphatic hydroxyl groups is 1. The predicted octanol–water partition coefficient (Wildman–Crippen LogP) is 1.32. The largest absolute Gasteiger partial charge is 0.462 e. The lowest BCUT2D eigenvalue weighted by atomic mass is 9.86. The van der Waals surface area contributed by atoms with Gasteiger partial charge in [0.25, 0.3) is 0 Å². The van der Waals surface area contributed by atoms with Gasteiger partial charge in [-0.3, -0.25) is 9.97 Å². The number of unbranched alkanes of at least 4 members (excludes halogenated alkanes) is 2. The van der Waals surface area contributed by atoms with Crippen molar-refractivity contribution in [2.75, 3.05) is 13.2 Å². The van der Waals surface area contributed by atoms with Crippen LogP contribution in [0.1, 0.15) is 65.2 Å². The van der Waals surface area contributed by atoms with E-state index in [0.29, 0.717) is 62.5 Å². The number of carbonyl (C=O) groups excluding carboxylic acids is 2. The maximum atomic E-state index is 11.8. The zero-order chi connectivity index (χ0) is 25.7. The molecule has 11 heteroatoms. The number of hydrogen-bond donors (Lipinski definition) is 3. The lowest BCUT2D eigenvalue weighted by molar-refractivity contribution is -0.139. The van der Waals surface area contributed by atoms with E-state index in [1.54, 1.807) is 13.8 Å². The second-order valence-corrected chi connectivity index (χ2v) is 8.42. The number of esters is 2. The average molecular weight is 482 g/mol. The number of aromatic nitrogens is 3. The Morgan fingerprint density at radius 1 is 0.824 bits per heavy atom. The normalized spacial score (nSPS) is 11.1. The van der Waals surface area contributed by atoms with Gasteiger partial charge in [-0.1, -0.05) is 13.2 Å². The molecule has 11 nitrogen and oxygen atoms in total. The molecule has 0 unspecified atom stereocenters. The van der Waals surface area contributed by atoms with Gasteiger partial charge in [0.05, 0.1) is 18.8 Å². The number of nitrogens with one attached hydrogen (secondary N) is 2. The van der Waals surface area contributed by atoms with Gasteiger partial charge >= 0.3 is 29.0 Å². The van der Waals surface area contributed by atoms with Crippen molar-refractivity contribution in [1.82, 2.24) is 14.5 Å². The van der Waals surface area contributed by atoms with Crippen LogP contribution in [0.4, 0.5) is 0 Å². The van der Waals surface area contributed by atoms with E-state index in [1.807, 2.05) is 9.97 Å². The third-order valence-electron chi connectivity index (χ3n) is 5.19. The molecule has 0 aliphatic rings. The highest BCUT2D eigenvalue weighted by molar-refractivity contribution is 5.87. The van der Waals surface area contributed by atoms with E-state index < -0.39 is 34.6 Å². The highest BCUT2D eigenvalue weighted by atomic mass is 16.5. The van der Waals surface area contributed by atoms with Gasteiger partial charge in [-0.15, -0.1) is 0 Å². The van der Waals surface area contributed by atoms with E-state index in [9.17, 15) is 29.1 Å². The van der Waals surface area contributed by atoms with Crippen LogP contribution in [0.2, 0.25) is 0 Å². The molecule has 0 amide bonds. The molecule has 0 saturated heterocycles. The summed E-state index contributed by atoms with van der Waals surface area (Å²) in [7, 11) is 0. The Morgan fingerprint density at radius 2 is 1.24 bits per heavy atom. The molecule has 0 bridgehead atoms. The summed E-state index contributed by atoms with van der Waals surface area (Å²) in [5.74, 6) is -0.924. The van der Waals surface area contributed by atoms with E-state index in [0.717, 1.165) is 4.57 Å². The van der Waals surface area contributed by atoms with Crippen molar-refractivity contribution < 1.29 is 24.2 Å². The minimum Gasteiger partial charge on any atom is -0.462 e. The first-order valence-corrected chi connectivity index (χ1v) is 11.3. The highest BCUT2D eigenvalue weighted by Gasteiger charge is 2.26. The summed E-state index contributed by atoms with van der Waals surface area (Å²) < 4.78 is 11.0. The topological polar surface area (TPSA) is 161 Å². The number of H-pyrrole nitrogens is 2. The molecule has 0 spiro atoms. The minimum absolute atomic E-state index is 0.0275. The molecule has 0 atom stereocenters. The second-order valence-electron chi connectivity index (χ2n) is 8.42. The van der Waals surface area contributed by atoms with Crippen LogP contribution in [0.25, 0.3) is 0 Å². The lowest BCUT2D eigenvalue weighted by Gasteiger charge is -2.28.